The van der Waals surface area contributed by atoms with Crippen LogP contribution in [0.15, 0.2) is 121 Å². The third kappa shape index (κ3) is 3.81. The van der Waals surface area contributed by atoms with Crippen LogP contribution in [0.2, 0.25) is 0 Å². The molecule has 0 spiro atoms. The number of fused-ring (bicyclic) bond motifs is 1. The van der Waals surface area contributed by atoms with Gasteiger partial charge in [-0.05, 0) is 51.0 Å². The highest BCUT2D eigenvalue weighted by Crippen LogP contribution is 2.56. The van der Waals surface area contributed by atoms with Crippen LogP contribution >= 0.6 is 0 Å². The second-order valence-corrected chi connectivity index (χ2v) is 9.08. The molecule has 2 aliphatic rings. The van der Waals surface area contributed by atoms with Gasteiger partial charge in [-0.2, -0.15) is 0 Å². The minimum Gasteiger partial charge on any atom is -0.465 e. The van der Waals surface area contributed by atoms with E-state index in [1.807, 2.05) is 30.3 Å². The van der Waals surface area contributed by atoms with E-state index < -0.39 is 0 Å². The van der Waals surface area contributed by atoms with Gasteiger partial charge in [-0.15, -0.1) is 0 Å². The Morgan fingerprint density at radius 1 is 0.514 bits per heavy atom. The molecule has 2 heteroatoms. The number of hydrogen-bond donors (Lipinski definition) is 0. The Hall–Kier alpha value is -4.17. The van der Waals surface area contributed by atoms with E-state index in [2.05, 4.69) is 91.0 Å². The van der Waals surface area contributed by atoms with E-state index in [-0.39, 0.29) is 17.8 Å². The van der Waals surface area contributed by atoms with Crippen molar-refractivity contribution in [2.45, 2.75) is 6.42 Å². The Labute approximate surface area is 206 Å². The molecular weight excluding hydrogens is 428 g/mol. The molecule has 1 aliphatic carbocycles. The number of ether oxygens (including phenoxy) is 1. The number of benzene rings is 4. The highest BCUT2D eigenvalue weighted by atomic mass is 16.5. The van der Waals surface area contributed by atoms with Crippen molar-refractivity contribution in [1.29, 1.82) is 0 Å². The van der Waals surface area contributed by atoms with Crippen molar-refractivity contribution in [2.75, 3.05) is 6.61 Å². The van der Waals surface area contributed by atoms with Gasteiger partial charge >= 0.3 is 5.97 Å². The van der Waals surface area contributed by atoms with Gasteiger partial charge in [0, 0.05) is 5.92 Å². The molecular formula is C33H26O2. The molecule has 2 nitrogen and oxygen atoms in total. The van der Waals surface area contributed by atoms with E-state index in [0.717, 1.165) is 39.8 Å². The maximum Gasteiger partial charge on any atom is 0.314 e. The molecule has 6 rings (SSSR count). The summed E-state index contributed by atoms with van der Waals surface area (Å²) in [7, 11) is 0. The number of cyclic esters (lactones) is 1. The number of carbonyl (C=O) groups is 1. The predicted molar refractivity (Wildman–Crippen MR) is 142 cm³/mol. The first kappa shape index (κ1) is 21.4. The predicted octanol–water partition coefficient (Wildman–Crippen LogP) is 7.40. The van der Waals surface area contributed by atoms with Crippen molar-refractivity contribution in [2.24, 2.45) is 11.8 Å². The molecule has 0 bridgehead atoms. The lowest BCUT2D eigenvalue weighted by atomic mass is 9.64. The zero-order valence-electron chi connectivity index (χ0n) is 19.4. The molecule has 1 aliphatic heterocycles. The average molecular weight is 455 g/mol. The molecule has 2 unspecified atom stereocenters. The molecule has 0 radical (unpaired) electrons. The van der Waals surface area contributed by atoms with Crippen molar-refractivity contribution in [3.05, 3.63) is 144 Å². The molecule has 4 aromatic rings. The average Bonchev–Trinajstić information content (AvgIpc) is 2.94. The third-order valence-corrected chi connectivity index (χ3v) is 7.09. The zero-order valence-corrected chi connectivity index (χ0v) is 19.4. The molecule has 170 valence electrons. The SMILES string of the molecule is O=C1OCCC2C(c3ccccc3)=C(c3ccccc3)C(c3ccccc3)=C(c3ccccc3)C12. The molecule has 0 N–H and O–H groups in total. The molecule has 0 aromatic heterocycles. The lowest BCUT2D eigenvalue weighted by molar-refractivity contribution is -0.151. The summed E-state index contributed by atoms with van der Waals surface area (Å²) in [4.78, 5) is 13.5. The van der Waals surface area contributed by atoms with Crippen LogP contribution < -0.4 is 0 Å². The number of allylic oxidation sites excluding steroid dienone is 3. The lowest BCUT2D eigenvalue weighted by Gasteiger charge is -2.41. The summed E-state index contributed by atoms with van der Waals surface area (Å²) in [6, 6.07) is 42.0. The van der Waals surface area contributed by atoms with Gasteiger partial charge < -0.3 is 4.74 Å². The Morgan fingerprint density at radius 2 is 0.914 bits per heavy atom. The van der Waals surface area contributed by atoms with Crippen LogP contribution in [0, 0.1) is 11.8 Å². The molecule has 0 amide bonds. The Morgan fingerprint density at radius 3 is 1.40 bits per heavy atom. The maximum absolute atomic E-state index is 13.5. The van der Waals surface area contributed by atoms with E-state index >= 15 is 0 Å². The monoisotopic (exact) mass is 454 g/mol. The minimum atomic E-state index is -0.357. The Kier molecular flexibility index (Phi) is 5.64. The first-order chi connectivity index (χ1) is 17.3. The summed E-state index contributed by atoms with van der Waals surface area (Å²) in [5.74, 6) is -0.449. The smallest absolute Gasteiger partial charge is 0.314 e. The van der Waals surface area contributed by atoms with Gasteiger partial charge in [-0.3, -0.25) is 4.79 Å². The van der Waals surface area contributed by atoms with Crippen molar-refractivity contribution >= 4 is 28.3 Å². The van der Waals surface area contributed by atoms with Crippen LogP contribution in [-0.2, 0) is 9.53 Å². The van der Waals surface area contributed by atoms with Gasteiger partial charge in [-0.1, -0.05) is 121 Å². The summed E-state index contributed by atoms with van der Waals surface area (Å²) in [6.45, 7) is 0.446. The van der Waals surface area contributed by atoms with Gasteiger partial charge in [0.05, 0.1) is 12.5 Å². The van der Waals surface area contributed by atoms with Gasteiger partial charge in [0.1, 0.15) is 0 Å². The molecule has 35 heavy (non-hydrogen) atoms. The van der Waals surface area contributed by atoms with Crippen molar-refractivity contribution < 1.29 is 9.53 Å². The standard InChI is InChI=1S/C33H26O2/c34-33-32-27(21-22-35-33)28(23-13-5-1-6-14-23)29(24-15-7-2-8-16-24)30(25-17-9-3-10-18-25)31(32)26-19-11-4-12-20-26/h1-20,27,32H,21-22H2. The summed E-state index contributed by atoms with van der Waals surface area (Å²) in [5, 5.41) is 0. The number of carbonyl (C=O) groups excluding carboxylic acids is 1. The summed E-state index contributed by atoms with van der Waals surface area (Å²) in [5.41, 5.74) is 9.12. The van der Waals surface area contributed by atoms with E-state index in [1.54, 1.807) is 0 Å². The van der Waals surface area contributed by atoms with Gasteiger partial charge in [-0.25, -0.2) is 0 Å². The number of rotatable bonds is 4. The van der Waals surface area contributed by atoms with Gasteiger partial charge in [0.15, 0.2) is 0 Å². The molecule has 1 heterocycles. The zero-order chi connectivity index (χ0) is 23.6. The first-order valence-electron chi connectivity index (χ1n) is 12.2. The van der Waals surface area contributed by atoms with Gasteiger partial charge in [0.25, 0.3) is 0 Å². The highest BCUT2D eigenvalue weighted by molar-refractivity contribution is 6.26. The van der Waals surface area contributed by atoms with Gasteiger partial charge in [0.2, 0.25) is 0 Å². The largest absolute Gasteiger partial charge is 0.465 e. The van der Waals surface area contributed by atoms with E-state index in [9.17, 15) is 4.79 Å². The fourth-order valence-electron chi connectivity index (χ4n) is 5.67. The second-order valence-electron chi connectivity index (χ2n) is 9.08. The Balaban J connectivity index is 1.79. The third-order valence-electron chi connectivity index (χ3n) is 7.09. The first-order valence-corrected chi connectivity index (χ1v) is 12.2. The van der Waals surface area contributed by atoms with Crippen LogP contribution in [0.4, 0.5) is 0 Å². The normalized spacial score (nSPS) is 19.8. The Bertz CT molecular complexity index is 1400. The van der Waals surface area contributed by atoms with E-state index in [0.29, 0.717) is 6.61 Å². The summed E-state index contributed by atoms with van der Waals surface area (Å²) < 4.78 is 5.71. The molecule has 0 saturated carbocycles. The van der Waals surface area contributed by atoms with E-state index in [4.69, 9.17) is 4.74 Å². The quantitative estimate of drug-likeness (QED) is 0.300. The van der Waals surface area contributed by atoms with Crippen LogP contribution in [0.3, 0.4) is 0 Å². The van der Waals surface area contributed by atoms with Crippen LogP contribution in [-0.4, -0.2) is 12.6 Å². The maximum atomic E-state index is 13.5. The second kappa shape index (κ2) is 9.23. The molecule has 4 aromatic carbocycles. The fourth-order valence-corrected chi connectivity index (χ4v) is 5.67. The highest BCUT2D eigenvalue weighted by Gasteiger charge is 2.45. The van der Waals surface area contributed by atoms with Crippen molar-refractivity contribution in [3.63, 3.8) is 0 Å². The fraction of sp³-hybridized carbons (Fsp3) is 0.121. The number of esters is 1. The van der Waals surface area contributed by atoms with Crippen molar-refractivity contribution in [3.8, 4) is 0 Å². The summed E-state index contributed by atoms with van der Waals surface area (Å²) >= 11 is 0. The topological polar surface area (TPSA) is 26.3 Å². The lowest BCUT2D eigenvalue weighted by Crippen LogP contribution is -2.37. The molecule has 1 fully saturated rings. The molecule has 2 atom stereocenters. The van der Waals surface area contributed by atoms with Crippen molar-refractivity contribution in [1.82, 2.24) is 0 Å². The summed E-state index contributed by atoms with van der Waals surface area (Å²) in [6.07, 6.45) is 0.801. The number of hydrogen-bond acceptors (Lipinski definition) is 2. The minimum absolute atomic E-state index is 0.0384. The van der Waals surface area contributed by atoms with Crippen LogP contribution in [0.5, 0.6) is 0 Å². The van der Waals surface area contributed by atoms with Crippen LogP contribution in [0.1, 0.15) is 28.7 Å². The molecule has 1 saturated heterocycles. The van der Waals surface area contributed by atoms with E-state index in [1.165, 1.54) is 11.1 Å². The van der Waals surface area contributed by atoms with Crippen LogP contribution in [0.25, 0.3) is 22.3 Å².